The third-order valence-corrected chi connectivity index (χ3v) is 11.9. The van der Waals surface area contributed by atoms with Crippen LogP contribution in [-0.2, 0) is 0 Å². The van der Waals surface area contributed by atoms with Crippen molar-refractivity contribution in [3.8, 4) is 33.4 Å². The molecule has 59 heavy (non-hydrogen) atoms. The van der Waals surface area contributed by atoms with Crippen LogP contribution >= 0.6 is 0 Å². The summed E-state index contributed by atoms with van der Waals surface area (Å²) in [5.41, 5.74) is 13.7. The lowest BCUT2D eigenvalue weighted by Crippen LogP contribution is -2.11. The number of rotatable bonds is 6. The van der Waals surface area contributed by atoms with Gasteiger partial charge >= 0.3 is 0 Å². The van der Waals surface area contributed by atoms with Gasteiger partial charge in [-0.1, -0.05) is 158 Å². The summed E-state index contributed by atoms with van der Waals surface area (Å²) in [7, 11) is 0. The lowest BCUT2D eigenvalue weighted by Gasteiger charge is -2.28. The highest BCUT2D eigenvalue weighted by Crippen LogP contribution is 2.47. The molecule has 0 fully saturated rings. The lowest BCUT2D eigenvalue weighted by atomic mass is 9.95. The van der Waals surface area contributed by atoms with Crippen LogP contribution in [0, 0.1) is 0 Å². The van der Waals surface area contributed by atoms with E-state index in [2.05, 4.69) is 217 Å². The first-order chi connectivity index (χ1) is 29.3. The Kier molecular flexibility index (Phi) is 7.54. The van der Waals surface area contributed by atoms with Gasteiger partial charge in [0.05, 0.1) is 5.69 Å². The molecule has 0 aliphatic rings. The second kappa shape index (κ2) is 13.4. The standard InChI is InChI=1S/C56H35NO2/c1-2-12-36(13-3-1)37-24-30-41(31-25-37)57(42-32-26-40(27-33-42)43-19-10-22-51-53(43)48-34-28-38-14-4-6-16-44(38)55(48)58-51)50-21-9-8-18-46(50)47-20-11-23-52-54(47)49-35-29-39-15-5-7-17-45(39)56(49)59-52/h1-35H. The smallest absolute Gasteiger partial charge is 0.143 e. The molecule has 0 unspecified atom stereocenters. The minimum absolute atomic E-state index is 0.876. The van der Waals surface area contributed by atoms with Gasteiger partial charge in [0, 0.05) is 49.3 Å². The summed E-state index contributed by atoms with van der Waals surface area (Å²) in [6, 6.07) is 75.6. The van der Waals surface area contributed by atoms with E-state index in [-0.39, 0.29) is 0 Å². The summed E-state index contributed by atoms with van der Waals surface area (Å²) < 4.78 is 13.2. The maximum atomic E-state index is 6.66. The van der Waals surface area contributed by atoms with Crippen LogP contribution in [0.25, 0.3) is 98.8 Å². The van der Waals surface area contributed by atoms with Crippen molar-refractivity contribution in [3.05, 3.63) is 212 Å². The molecule has 2 aromatic heterocycles. The SMILES string of the molecule is c1ccc(-c2ccc(N(c3ccc(-c4cccc5oc6c7ccccc7ccc6c45)cc3)c3ccccc3-c3cccc4oc5c6ccccc6ccc5c34)cc2)cc1. The number of anilines is 3. The molecule has 0 saturated carbocycles. The van der Waals surface area contributed by atoms with Crippen LogP contribution in [-0.4, -0.2) is 0 Å². The van der Waals surface area contributed by atoms with Gasteiger partial charge in [0.1, 0.15) is 22.3 Å². The normalized spacial score (nSPS) is 11.7. The molecule has 276 valence electrons. The van der Waals surface area contributed by atoms with Crippen LogP contribution in [0.5, 0.6) is 0 Å². The van der Waals surface area contributed by atoms with E-state index in [1.165, 1.54) is 21.9 Å². The molecule has 0 radical (unpaired) electrons. The van der Waals surface area contributed by atoms with E-state index in [0.29, 0.717) is 0 Å². The molecular formula is C56H35NO2. The third-order valence-electron chi connectivity index (χ3n) is 11.9. The summed E-state index contributed by atoms with van der Waals surface area (Å²) in [6.45, 7) is 0. The highest BCUT2D eigenvalue weighted by molar-refractivity contribution is 6.21. The monoisotopic (exact) mass is 753 g/mol. The van der Waals surface area contributed by atoms with Gasteiger partial charge < -0.3 is 13.7 Å². The largest absolute Gasteiger partial charge is 0.455 e. The van der Waals surface area contributed by atoms with Gasteiger partial charge in [-0.15, -0.1) is 0 Å². The fraction of sp³-hybridized carbons (Fsp3) is 0. The van der Waals surface area contributed by atoms with E-state index in [4.69, 9.17) is 8.83 Å². The molecule has 2 heterocycles. The molecule has 0 saturated heterocycles. The lowest BCUT2D eigenvalue weighted by molar-refractivity contribution is 0.672. The van der Waals surface area contributed by atoms with Crippen LogP contribution < -0.4 is 4.90 Å². The molecule has 0 amide bonds. The fourth-order valence-corrected chi connectivity index (χ4v) is 9.12. The molecular weight excluding hydrogens is 719 g/mol. The number of para-hydroxylation sites is 1. The van der Waals surface area contributed by atoms with Crippen molar-refractivity contribution in [2.24, 2.45) is 0 Å². The van der Waals surface area contributed by atoms with Gasteiger partial charge in [-0.25, -0.2) is 0 Å². The van der Waals surface area contributed by atoms with Crippen molar-refractivity contribution in [3.63, 3.8) is 0 Å². The summed E-state index contributed by atoms with van der Waals surface area (Å²) in [4.78, 5) is 2.38. The summed E-state index contributed by atoms with van der Waals surface area (Å²) in [5.74, 6) is 0. The summed E-state index contributed by atoms with van der Waals surface area (Å²) >= 11 is 0. The molecule has 0 N–H and O–H groups in total. The molecule has 10 aromatic carbocycles. The Morgan fingerprint density at radius 1 is 0.288 bits per heavy atom. The number of benzene rings is 10. The molecule has 0 atom stereocenters. The van der Waals surface area contributed by atoms with Gasteiger partial charge in [-0.2, -0.15) is 0 Å². The average molecular weight is 754 g/mol. The minimum Gasteiger partial charge on any atom is -0.455 e. The zero-order valence-electron chi connectivity index (χ0n) is 32.0. The Morgan fingerprint density at radius 2 is 0.763 bits per heavy atom. The molecule has 0 aliphatic carbocycles. The van der Waals surface area contributed by atoms with Gasteiger partial charge in [0.15, 0.2) is 0 Å². The number of hydrogen-bond acceptors (Lipinski definition) is 3. The maximum absolute atomic E-state index is 6.66. The van der Waals surface area contributed by atoms with E-state index < -0.39 is 0 Å². The van der Waals surface area contributed by atoms with Crippen LogP contribution in [0.4, 0.5) is 17.1 Å². The van der Waals surface area contributed by atoms with Crippen LogP contribution in [0.15, 0.2) is 221 Å². The van der Waals surface area contributed by atoms with E-state index in [0.717, 1.165) is 94.0 Å². The first-order valence-electron chi connectivity index (χ1n) is 20.1. The van der Waals surface area contributed by atoms with Crippen molar-refractivity contribution >= 4 is 82.5 Å². The predicted molar refractivity (Wildman–Crippen MR) is 247 cm³/mol. The Balaban J connectivity index is 1.03. The topological polar surface area (TPSA) is 29.5 Å². The van der Waals surface area contributed by atoms with Crippen LogP contribution in [0.1, 0.15) is 0 Å². The minimum atomic E-state index is 0.876. The first-order valence-corrected chi connectivity index (χ1v) is 20.1. The average Bonchev–Trinajstić information content (AvgIpc) is 3.90. The van der Waals surface area contributed by atoms with Gasteiger partial charge in [-0.05, 0) is 93.2 Å². The Labute approximate surface area is 340 Å². The predicted octanol–water partition coefficient (Wildman–Crippen LogP) is 16.3. The second-order valence-corrected chi connectivity index (χ2v) is 15.2. The van der Waals surface area contributed by atoms with Crippen molar-refractivity contribution in [1.29, 1.82) is 0 Å². The molecule has 12 aromatic rings. The molecule has 3 nitrogen and oxygen atoms in total. The maximum Gasteiger partial charge on any atom is 0.143 e. The molecule has 0 aliphatic heterocycles. The first kappa shape index (κ1) is 33.3. The number of furan rings is 2. The van der Waals surface area contributed by atoms with Crippen molar-refractivity contribution in [2.75, 3.05) is 4.90 Å². The van der Waals surface area contributed by atoms with Crippen molar-refractivity contribution in [1.82, 2.24) is 0 Å². The quantitative estimate of drug-likeness (QED) is 0.169. The van der Waals surface area contributed by atoms with E-state index in [9.17, 15) is 0 Å². The summed E-state index contributed by atoms with van der Waals surface area (Å²) in [6.07, 6.45) is 0. The van der Waals surface area contributed by atoms with Crippen LogP contribution in [0.2, 0.25) is 0 Å². The third kappa shape index (κ3) is 5.36. The van der Waals surface area contributed by atoms with Crippen molar-refractivity contribution < 1.29 is 8.83 Å². The Bertz CT molecular complexity index is 3540. The fourth-order valence-electron chi connectivity index (χ4n) is 9.12. The highest BCUT2D eigenvalue weighted by atomic mass is 16.3. The molecule has 12 rings (SSSR count). The molecule has 0 bridgehead atoms. The zero-order valence-corrected chi connectivity index (χ0v) is 32.0. The van der Waals surface area contributed by atoms with Gasteiger partial charge in [-0.3, -0.25) is 0 Å². The Morgan fingerprint density at radius 3 is 1.39 bits per heavy atom. The van der Waals surface area contributed by atoms with E-state index >= 15 is 0 Å². The van der Waals surface area contributed by atoms with E-state index in [1.54, 1.807) is 0 Å². The Hall–Kier alpha value is -7.88. The van der Waals surface area contributed by atoms with E-state index in [1.807, 2.05) is 0 Å². The van der Waals surface area contributed by atoms with Crippen molar-refractivity contribution in [2.45, 2.75) is 0 Å². The second-order valence-electron chi connectivity index (χ2n) is 15.2. The number of fused-ring (bicyclic) bond motifs is 10. The molecule has 3 heteroatoms. The zero-order chi connectivity index (χ0) is 38.9. The van der Waals surface area contributed by atoms with Gasteiger partial charge in [0.2, 0.25) is 0 Å². The molecule has 0 spiro atoms. The highest BCUT2D eigenvalue weighted by Gasteiger charge is 2.22. The number of nitrogens with zero attached hydrogens (tertiary/aromatic N) is 1. The van der Waals surface area contributed by atoms with Gasteiger partial charge in [0.25, 0.3) is 0 Å². The number of hydrogen-bond donors (Lipinski definition) is 0. The summed E-state index contributed by atoms with van der Waals surface area (Å²) in [5, 5.41) is 9.07. The van der Waals surface area contributed by atoms with Crippen LogP contribution in [0.3, 0.4) is 0 Å².